The van der Waals surface area contributed by atoms with E-state index in [-0.39, 0.29) is 27.8 Å². The monoisotopic (exact) mass is 518 g/mol. The summed E-state index contributed by atoms with van der Waals surface area (Å²) in [4.78, 5) is 31.9. The third kappa shape index (κ3) is 5.22. The normalized spacial score (nSPS) is 12.8. The number of hydrogen-bond donors (Lipinski definition) is 2. The van der Waals surface area contributed by atoms with Crippen LogP contribution in [0.3, 0.4) is 0 Å². The molecule has 3 N–H and O–H groups in total. The van der Waals surface area contributed by atoms with Gasteiger partial charge in [-0.25, -0.2) is 23.5 Å². The van der Waals surface area contributed by atoms with Crippen molar-refractivity contribution in [2.45, 2.75) is 32.2 Å². The lowest BCUT2D eigenvalue weighted by atomic mass is 10.1. The lowest BCUT2D eigenvalue weighted by molar-refractivity contribution is 0.0955. The highest BCUT2D eigenvalue weighted by atomic mass is 32.1. The topological polar surface area (TPSA) is 88.3 Å². The fraction of sp³-hybridized carbons (Fsp3) is 0.179. The summed E-state index contributed by atoms with van der Waals surface area (Å²) in [7, 11) is 0. The summed E-state index contributed by atoms with van der Waals surface area (Å²) in [6.45, 7) is 2.12. The number of carbonyl (C=O) groups is 2. The number of nitrogens with two attached hydrogens (primary N) is 1. The average Bonchev–Trinajstić information content (AvgIpc) is 3.65. The van der Waals surface area contributed by atoms with E-state index in [0.717, 1.165) is 53.0 Å². The van der Waals surface area contributed by atoms with E-state index in [1.54, 1.807) is 0 Å². The van der Waals surface area contributed by atoms with Crippen molar-refractivity contribution in [1.29, 1.82) is 0 Å². The van der Waals surface area contributed by atoms with Crippen molar-refractivity contribution >= 4 is 34.1 Å². The lowest BCUT2D eigenvalue weighted by Crippen LogP contribution is -2.32. The van der Waals surface area contributed by atoms with Gasteiger partial charge in [-0.3, -0.25) is 4.79 Å². The van der Waals surface area contributed by atoms with Crippen LogP contribution in [0.5, 0.6) is 0 Å². The number of aryl methyl sites for hydroxylation is 1. The smallest absolute Gasteiger partial charge is 0.325 e. The summed E-state index contributed by atoms with van der Waals surface area (Å²) in [6.07, 6.45) is 2.17. The first-order valence-corrected chi connectivity index (χ1v) is 12.6. The quantitative estimate of drug-likeness (QED) is 0.296. The van der Waals surface area contributed by atoms with Crippen LogP contribution in [0.25, 0.3) is 11.3 Å². The molecule has 5 rings (SSSR count). The van der Waals surface area contributed by atoms with E-state index in [2.05, 4.69) is 10.3 Å². The minimum absolute atomic E-state index is 0.131. The highest BCUT2D eigenvalue weighted by Crippen LogP contribution is 2.43. The average molecular weight is 519 g/mol. The highest BCUT2D eigenvalue weighted by molar-refractivity contribution is 7.18. The maximum Gasteiger partial charge on any atom is 0.325 e. The Bertz CT molecular complexity index is 1490. The molecule has 4 aromatic rings. The van der Waals surface area contributed by atoms with Gasteiger partial charge < -0.3 is 11.1 Å². The number of thiazole rings is 1. The van der Waals surface area contributed by atoms with E-state index in [9.17, 15) is 18.4 Å². The van der Waals surface area contributed by atoms with Crippen molar-refractivity contribution in [3.8, 4) is 11.3 Å². The van der Waals surface area contributed by atoms with Gasteiger partial charge in [-0.05, 0) is 66.6 Å². The predicted octanol–water partition coefficient (Wildman–Crippen LogP) is 6.42. The number of amides is 3. The third-order valence-electron chi connectivity index (χ3n) is 6.25. The Morgan fingerprint density at radius 3 is 2.49 bits per heavy atom. The van der Waals surface area contributed by atoms with E-state index in [4.69, 9.17) is 5.73 Å². The highest BCUT2D eigenvalue weighted by Gasteiger charge is 2.29. The summed E-state index contributed by atoms with van der Waals surface area (Å²) in [6, 6.07) is 17.8. The van der Waals surface area contributed by atoms with Gasteiger partial charge in [-0.1, -0.05) is 53.8 Å². The molecule has 6 nitrogen and oxygen atoms in total. The molecule has 0 unspecified atom stereocenters. The summed E-state index contributed by atoms with van der Waals surface area (Å²) in [5.41, 5.74) is 9.51. The number of anilines is 2. The van der Waals surface area contributed by atoms with Gasteiger partial charge >= 0.3 is 6.03 Å². The minimum Gasteiger partial charge on any atom is -0.351 e. The van der Waals surface area contributed by atoms with Crippen LogP contribution in [0.2, 0.25) is 0 Å². The van der Waals surface area contributed by atoms with Crippen LogP contribution in [-0.2, 0) is 6.54 Å². The molecule has 0 spiro atoms. The van der Waals surface area contributed by atoms with Gasteiger partial charge in [0.15, 0.2) is 16.8 Å². The molecular formula is C28H24F2N4O2S. The van der Waals surface area contributed by atoms with E-state index in [0.29, 0.717) is 11.6 Å². The SMILES string of the molecule is Cc1ccc(C2CC2)cc1N(C(N)=O)c1nc(-c2ccc(F)c(F)c2)c(C(=O)NCc2ccccc2)s1. The first-order chi connectivity index (χ1) is 17.8. The molecule has 3 amide bonds. The Hall–Kier alpha value is -4.11. The van der Waals surface area contributed by atoms with Crippen LogP contribution in [0, 0.1) is 18.6 Å². The molecule has 0 saturated heterocycles. The Balaban J connectivity index is 1.57. The lowest BCUT2D eigenvalue weighted by Gasteiger charge is -2.20. The van der Waals surface area contributed by atoms with Gasteiger partial charge in [0, 0.05) is 12.1 Å². The first kappa shape index (κ1) is 24.6. The standard InChI is InChI=1S/C28H24F2N4O2S/c1-16-7-8-19(18-9-10-18)14-23(16)34(27(31)36)28-33-24(20-11-12-21(29)22(30)13-20)25(37-28)26(35)32-15-17-5-3-2-4-6-17/h2-8,11-14,18H,9-10,15H2,1H3,(H2,31,36)(H,32,35). The molecule has 0 radical (unpaired) electrons. The molecule has 1 heterocycles. The number of primary amides is 1. The number of nitrogens with one attached hydrogen (secondary N) is 1. The molecule has 1 fully saturated rings. The summed E-state index contributed by atoms with van der Waals surface area (Å²) in [5, 5.41) is 3.01. The van der Waals surface area contributed by atoms with Crippen LogP contribution in [0.4, 0.5) is 24.4 Å². The molecule has 1 saturated carbocycles. The number of rotatable bonds is 7. The van der Waals surface area contributed by atoms with Crippen molar-refractivity contribution in [3.05, 3.63) is 99.9 Å². The first-order valence-electron chi connectivity index (χ1n) is 11.8. The van der Waals surface area contributed by atoms with Gasteiger partial charge in [-0.15, -0.1) is 0 Å². The van der Waals surface area contributed by atoms with E-state index in [1.807, 2.05) is 55.5 Å². The van der Waals surface area contributed by atoms with Crippen molar-refractivity contribution in [1.82, 2.24) is 10.3 Å². The van der Waals surface area contributed by atoms with Crippen molar-refractivity contribution in [2.24, 2.45) is 5.73 Å². The van der Waals surface area contributed by atoms with Crippen LogP contribution >= 0.6 is 11.3 Å². The molecule has 3 aromatic carbocycles. The molecule has 188 valence electrons. The number of hydrogen-bond acceptors (Lipinski definition) is 4. The number of benzene rings is 3. The second-order valence-electron chi connectivity index (χ2n) is 8.97. The van der Waals surface area contributed by atoms with Crippen LogP contribution < -0.4 is 16.0 Å². The number of nitrogens with zero attached hydrogens (tertiary/aromatic N) is 2. The summed E-state index contributed by atoms with van der Waals surface area (Å²) < 4.78 is 27.8. The fourth-order valence-electron chi connectivity index (χ4n) is 4.11. The Labute approximate surface area is 216 Å². The Morgan fingerprint density at radius 1 is 1.05 bits per heavy atom. The van der Waals surface area contributed by atoms with E-state index < -0.39 is 23.6 Å². The van der Waals surface area contributed by atoms with Gasteiger partial charge in [0.1, 0.15) is 4.88 Å². The zero-order valence-corrected chi connectivity index (χ0v) is 20.8. The molecule has 1 aliphatic rings. The molecular weight excluding hydrogens is 494 g/mol. The van der Waals surface area contributed by atoms with Crippen LogP contribution in [0.1, 0.15) is 45.1 Å². The second-order valence-corrected chi connectivity index (χ2v) is 9.94. The molecule has 1 aliphatic carbocycles. The van der Waals surface area contributed by atoms with Gasteiger partial charge in [0.25, 0.3) is 5.91 Å². The Kier molecular flexibility index (Phi) is 6.71. The predicted molar refractivity (Wildman–Crippen MR) is 140 cm³/mol. The number of aromatic nitrogens is 1. The van der Waals surface area contributed by atoms with E-state index >= 15 is 0 Å². The molecule has 0 bridgehead atoms. The zero-order chi connectivity index (χ0) is 26.1. The largest absolute Gasteiger partial charge is 0.351 e. The summed E-state index contributed by atoms with van der Waals surface area (Å²) in [5.74, 6) is -2.09. The van der Waals surface area contributed by atoms with Crippen LogP contribution in [-0.4, -0.2) is 16.9 Å². The maximum atomic E-state index is 14.1. The van der Waals surface area contributed by atoms with Gasteiger partial charge in [-0.2, -0.15) is 0 Å². The fourth-order valence-corrected chi connectivity index (χ4v) is 5.13. The zero-order valence-electron chi connectivity index (χ0n) is 20.0. The molecule has 0 aliphatic heterocycles. The summed E-state index contributed by atoms with van der Waals surface area (Å²) >= 11 is 0.963. The Morgan fingerprint density at radius 2 is 1.81 bits per heavy atom. The van der Waals surface area contributed by atoms with Crippen molar-refractivity contribution < 1.29 is 18.4 Å². The number of halogens is 2. The maximum absolute atomic E-state index is 14.1. The van der Waals surface area contributed by atoms with E-state index in [1.165, 1.54) is 11.0 Å². The molecule has 9 heteroatoms. The number of carbonyl (C=O) groups excluding carboxylic acids is 2. The number of urea groups is 1. The third-order valence-corrected chi connectivity index (χ3v) is 7.28. The second kappa shape index (κ2) is 10.1. The van der Waals surface area contributed by atoms with Crippen molar-refractivity contribution in [3.63, 3.8) is 0 Å². The molecule has 37 heavy (non-hydrogen) atoms. The van der Waals surface area contributed by atoms with Crippen molar-refractivity contribution in [2.75, 3.05) is 4.90 Å². The molecule has 1 aromatic heterocycles. The minimum atomic E-state index is -1.07. The van der Waals surface area contributed by atoms with Gasteiger partial charge in [0.05, 0.1) is 11.4 Å². The van der Waals surface area contributed by atoms with Gasteiger partial charge in [0.2, 0.25) is 0 Å². The molecule has 0 atom stereocenters. The van der Waals surface area contributed by atoms with Crippen LogP contribution in [0.15, 0.2) is 66.7 Å².